The summed E-state index contributed by atoms with van der Waals surface area (Å²) in [6, 6.07) is 13.1. The Morgan fingerprint density at radius 1 is 0.933 bits per heavy atom. The molecule has 8 heteroatoms. The lowest BCUT2D eigenvalue weighted by Crippen LogP contribution is -2.23. The van der Waals surface area contributed by atoms with Gasteiger partial charge in [-0.25, -0.2) is 0 Å². The first-order valence-electron chi connectivity index (χ1n) is 9.06. The van der Waals surface area contributed by atoms with Crippen molar-refractivity contribution in [3.63, 3.8) is 0 Å². The zero-order valence-electron chi connectivity index (χ0n) is 16.7. The molecule has 2 heterocycles. The summed E-state index contributed by atoms with van der Waals surface area (Å²) in [7, 11) is 4.79. The van der Waals surface area contributed by atoms with Crippen LogP contribution in [-0.2, 0) is 0 Å². The van der Waals surface area contributed by atoms with Crippen molar-refractivity contribution in [2.24, 2.45) is 0 Å². The minimum Gasteiger partial charge on any atom is -0.497 e. The lowest BCUT2D eigenvalue weighted by atomic mass is 10.2. The standard InChI is InChI=1S/C22H19N3O4S/c1-27-16-6-4-5-15(11-16)13-19-21(26)25-22(30-19)23-20(24-25)10-8-14-7-9-17(28-2)18(12-14)29-3/h4-13H,1-3H3. The number of hydrogen-bond donors (Lipinski definition) is 0. The van der Waals surface area contributed by atoms with E-state index in [2.05, 4.69) is 10.1 Å². The molecule has 0 spiro atoms. The molecule has 0 N–H and O–H groups in total. The van der Waals surface area contributed by atoms with E-state index in [4.69, 9.17) is 14.2 Å². The van der Waals surface area contributed by atoms with Crippen LogP contribution in [-0.4, -0.2) is 35.9 Å². The Morgan fingerprint density at radius 3 is 2.50 bits per heavy atom. The van der Waals surface area contributed by atoms with Crippen molar-refractivity contribution in [1.82, 2.24) is 14.6 Å². The molecule has 4 aromatic rings. The average Bonchev–Trinajstić information content (AvgIpc) is 3.30. The smallest absolute Gasteiger partial charge is 0.291 e. The number of fused-ring (bicyclic) bond motifs is 1. The fraction of sp³-hybridized carbons (Fsp3) is 0.136. The highest BCUT2D eigenvalue weighted by Gasteiger charge is 2.09. The molecule has 4 rings (SSSR count). The molecule has 0 saturated heterocycles. The second-order valence-corrected chi connectivity index (χ2v) is 7.31. The number of thiazole rings is 1. The van der Waals surface area contributed by atoms with Crippen LogP contribution in [0.3, 0.4) is 0 Å². The van der Waals surface area contributed by atoms with E-state index in [0.29, 0.717) is 26.8 Å². The number of benzene rings is 2. The lowest BCUT2D eigenvalue weighted by Gasteiger charge is -2.07. The van der Waals surface area contributed by atoms with Crippen molar-refractivity contribution in [3.05, 3.63) is 74.3 Å². The summed E-state index contributed by atoms with van der Waals surface area (Å²) < 4.78 is 17.7. The van der Waals surface area contributed by atoms with Gasteiger partial charge in [0.1, 0.15) is 5.75 Å². The normalized spacial score (nSPS) is 12.0. The maximum Gasteiger partial charge on any atom is 0.291 e. The fourth-order valence-corrected chi connectivity index (χ4v) is 3.84. The van der Waals surface area contributed by atoms with Crippen molar-refractivity contribution in [2.45, 2.75) is 0 Å². The van der Waals surface area contributed by atoms with E-state index < -0.39 is 0 Å². The molecule has 0 aliphatic carbocycles. The van der Waals surface area contributed by atoms with Crippen LogP contribution in [0, 0.1) is 0 Å². The van der Waals surface area contributed by atoms with Crippen LogP contribution < -0.4 is 24.3 Å². The number of ether oxygens (including phenoxy) is 3. The summed E-state index contributed by atoms with van der Waals surface area (Å²) in [5.41, 5.74) is 1.58. The SMILES string of the molecule is COc1cccc(C=c2sc3nc(C=Cc4ccc(OC)c(OC)c4)nn3c2=O)c1. The predicted octanol–water partition coefficient (Wildman–Crippen LogP) is 2.89. The monoisotopic (exact) mass is 421 g/mol. The summed E-state index contributed by atoms with van der Waals surface area (Å²) in [6.45, 7) is 0. The topological polar surface area (TPSA) is 74.9 Å². The van der Waals surface area contributed by atoms with Gasteiger partial charge in [-0.3, -0.25) is 4.79 Å². The molecule has 152 valence electrons. The number of aromatic nitrogens is 3. The molecule has 0 aliphatic rings. The number of rotatable bonds is 6. The third-order valence-electron chi connectivity index (χ3n) is 4.42. The van der Waals surface area contributed by atoms with E-state index >= 15 is 0 Å². The fourth-order valence-electron chi connectivity index (χ4n) is 2.93. The highest BCUT2D eigenvalue weighted by molar-refractivity contribution is 7.15. The van der Waals surface area contributed by atoms with Crippen LogP contribution in [0.25, 0.3) is 23.2 Å². The molecule has 2 aromatic heterocycles. The van der Waals surface area contributed by atoms with Crippen LogP contribution >= 0.6 is 11.3 Å². The first kappa shape index (κ1) is 19.7. The predicted molar refractivity (Wildman–Crippen MR) is 117 cm³/mol. The molecule has 0 saturated carbocycles. The maximum absolute atomic E-state index is 12.7. The zero-order chi connectivity index (χ0) is 21.1. The van der Waals surface area contributed by atoms with Crippen molar-refractivity contribution >= 4 is 34.5 Å². The van der Waals surface area contributed by atoms with Gasteiger partial charge in [0.2, 0.25) is 4.96 Å². The van der Waals surface area contributed by atoms with Gasteiger partial charge in [0, 0.05) is 0 Å². The van der Waals surface area contributed by atoms with Gasteiger partial charge >= 0.3 is 0 Å². The van der Waals surface area contributed by atoms with Crippen LogP contribution in [0.4, 0.5) is 0 Å². The first-order valence-corrected chi connectivity index (χ1v) is 9.88. The van der Waals surface area contributed by atoms with Crippen molar-refractivity contribution in [3.8, 4) is 17.2 Å². The molecule has 0 amide bonds. The quantitative estimate of drug-likeness (QED) is 0.477. The summed E-state index contributed by atoms with van der Waals surface area (Å²) >= 11 is 1.30. The molecule has 0 radical (unpaired) electrons. The number of hydrogen-bond acceptors (Lipinski definition) is 7. The molecule has 0 aliphatic heterocycles. The van der Waals surface area contributed by atoms with Crippen molar-refractivity contribution in [2.75, 3.05) is 21.3 Å². The van der Waals surface area contributed by atoms with Gasteiger partial charge in [-0.1, -0.05) is 35.6 Å². The Balaban J connectivity index is 1.63. The van der Waals surface area contributed by atoms with Gasteiger partial charge in [-0.15, -0.1) is 5.10 Å². The van der Waals surface area contributed by atoms with Crippen LogP contribution in [0.2, 0.25) is 0 Å². The van der Waals surface area contributed by atoms with Gasteiger partial charge in [0.05, 0.1) is 25.9 Å². The van der Waals surface area contributed by atoms with E-state index in [1.165, 1.54) is 15.9 Å². The molecule has 0 atom stereocenters. The third kappa shape index (κ3) is 3.90. The van der Waals surface area contributed by atoms with E-state index in [1.807, 2.05) is 54.6 Å². The Morgan fingerprint density at radius 2 is 1.77 bits per heavy atom. The molecule has 7 nitrogen and oxygen atoms in total. The summed E-state index contributed by atoms with van der Waals surface area (Å²) in [4.78, 5) is 17.7. The van der Waals surface area contributed by atoms with Gasteiger partial charge in [0.25, 0.3) is 5.56 Å². The largest absolute Gasteiger partial charge is 0.497 e. The molecular weight excluding hydrogens is 402 g/mol. The minimum absolute atomic E-state index is 0.198. The second kappa shape index (κ2) is 8.38. The second-order valence-electron chi connectivity index (χ2n) is 6.30. The van der Waals surface area contributed by atoms with Crippen LogP contribution in [0.1, 0.15) is 17.0 Å². The lowest BCUT2D eigenvalue weighted by molar-refractivity contribution is 0.355. The van der Waals surface area contributed by atoms with Crippen molar-refractivity contribution < 1.29 is 14.2 Å². The van der Waals surface area contributed by atoms with Crippen LogP contribution in [0.5, 0.6) is 17.2 Å². The Bertz CT molecular complexity index is 1340. The maximum atomic E-state index is 12.7. The van der Waals surface area contributed by atoms with Gasteiger partial charge in [-0.2, -0.15) is 9.50 Å². The molecular formula is C22H19N3O4S. The highest BCUT2D eigenvalue weighted by Crippen LogP contribution is 2.28. The Kier molecular flexibility index (Phi) is 5.49. The molecule has 2 aromatic carbocycles. The third-order valence-corrected chi connectivity index (χ3v) is 5.38. The van der Waals surface area contributed by atoms with E-state index in [9.17, 15) is 4.79 Å². The van der Waals surface area contributed by atoms with E-state index in [0.717, 1.165) is 16.9 Å². The average molecular weight is 421 g/mol. The van der Waals surface area contributed by atoms with Crippen molar-refractivity contribution in [1.29, 1.82) is 0 Å². The first-order chi connectivity index (χ1) is 14.6. The number of nitrogens with zero attached hydrogens (tertiary/aromatic N) is 3. The molecule has 0 unspecified atom stereocenters. The van der Waals surface area contributed by atoms with Gasteiger partial charge in [-0.05, 0) is 47.5 Å². The number of methoxy groups -OCH3 is 3. The molecule has 30 heavy (non-hydrogen) atoms. The minimum atomic E-state index is -0.198. The van der Waals surface area contributed by atoms with E-state index in [-0.39, 0.29) is 5.56 Å². The Labute approximate surface area is 176 Å². The van der Waals surface area contributed by atoms with Gasteiger partial charge < -0.3 is 14.2 Å². The van der Waals surface area contributed by atoms with Gasteiger partial charge in [0.15, 0.2) is 17.3 Å². The summed E-state index contributed by atoms with van der Waals surface area (Å²) in [5.74, 6) is 2.49. The molecule has 0 bridgehead atoms. The highest BCUT2D eigenvalue weighted by atomic mass is 32.1. The summed E-state index contributed by atoms with van der Waals surface area (Å²) in [5, 5.41) is 4.32. The Hall–Kier alpha value is -3.65. The summed E-state index contributed by atoms with van der Waals surface area (Å²) in [6.07, 6.45) is 5.42. The van der Waals surface area contributed by atoms with Crippen LogP contribution in [0.15, 0.2) is 47.3 Å². The van der Waals surface area contributed by atoms with E-state index in [1.54, 1.807) is 27.4 Å². The zero-order valence-corrected chi connectivity index (χ0v) is 17.5. The molecule has 0 fully saturated rings.